The lowest BCUT2D eigenvalue weighted by Gasteiger charge is -2.51. The molecule has 3 fully saturated rings. The number of rotatable bonds is 5. The first-order chi connectivity index (χ1) is 18.7. The number of nitrogens with one attached hydrogen (secondary N) is 2. The van der Waals surface area contributed by atoms with Gasteiger partial charge in [-0.3, -0.25) is 24.1 Å². The maximum absolute atomic E-state index is 13.6. The molecule has 0 spiro atoms. The molecule has 0 saturated carbocycles. The highest BCUT2D eigenvalue weighted by atomic mass is 16.3. The fraction of sp³-hybridized carbons (Fsp3) is 0.600. The molecule has 9 nitrogen and oxygen atoms in total. The summed E-state index contributed by atoms with van der Waals surface area (Å²) < 4.78 is 0. The number of piperidine rings is 2. The van der Waals surface area contributed by atoms with Crippen LogP contribution in [0.15, 0.2) is 42.0 Å². The number of hydrogen-bond donors (Lipinski definition) is 3. The van der Waals surface area contributed by atoms with Crippen LogP contribution in [0.3, 0.4) is 0 Å². The Morgan fingerprint density at radius 2 is 1.79 bits per heavy atom. The Morgan fingerprint density at radius 1 is 1.08 bits per heavy atom. The summed E-state index contributed by atoms with van der Waals surface area (Å²) in [6, 6.07) is 8.81. The van der Waals surface area contributed by atoms with Crippen LogP contribution in [0.2, 0.25) is 0 Å². The van der Waals surface area contributed by atoms with Crippen molar-refractivity contribution in [2.75, 3.05) is 26.2 Å². The van der Waals surface area contributed by atoms with Crippen LogP contribution in [0.5, 0.6) is 0 Å². The molecule has 9 heteroatoms. The normalized spacial score (nSPS) is 27.8. The van der Waals surface area contributed by atoms with Crippen LogP contribution in [-0.2, 0) is 25.6 Å². The lowest BCUT2D eigenvalue weighted by molar-refractivity contribution is -0.145. The summed E-state index contributed by atoms with van der Waals surface area (Å²) in [5, 5.41) is 12.8. The van der Waals surface area contributed by atoms with Gasteiger partial charge in [0.1, 0.15) is 12.1 Å². The largest absolute Gasteiger partial charge is 0.483 e. The number of benzene rings is 1. The third-order valence-corrected chi connectivity index (χ3v) is 7.93. The van der Waals surface area contributed by atoms with Crippen LogP contribution in [0.25, 0.3) is 0 Å². The van der Waals surface area contributed by atoms with Gasteiger partial charge in [-0.05, 0) is 70.3 Å². The molecule has 3 aliphatic rings. The summed E-state index contributed by atoms with van der Waals surface area (Å²) in [4.78, 5) is 52.5. The van der Waals surface area contributed by atoms with E-state index in [2.05, 4.69) is 35.5 Å². The molecule has 0 aromatic heterocycles. The Balaban J connectivity index is 0.00000134. The lowest BCUT2D eigenvalue weighted by atomic mass is 9.77. The van der Waals surface area contributed by atoms with Crippen molar-refractivity contribution in [3.63, 3.8) is 0 Å². The van der Waals surface area contributed by atoms with Gasteiger partial charge in [-0.2, -0.15) is 0 Å². The standard InChI is InChI=1S/C29H42N4O3.CH2O2/c1-20(2)14-15-32-17-23-16-24(19-32)26-10-7-11-27(34)31-25(13-12-22-8-5-4-6-9-22)28(35)30-21(3)29(36)33(26)18-23;2-1-3/h4-6,8-9,14,21,23-26H,7,10-13,15-19H2,1-3H3,(H,30,35)(H,31,34);1H,(H,2,3)/t21-,23+,24-,25+,26+;/m1./s1. The van der Waals surface area contributed by atoms with Gasteiger partial charge < -0.3 is 20.6 Å². The summed E-state index contributed by atoms with van der Waals surface area (Å²) in [5.41, 5.74) is 2.45. The number of aryl methyl sites for hydroxylation is 1. The number of likely N-dealkylation sites (tertiary alicyclic amines) is 1. The van der Waals surface area contributed by atoms with E-state index in [4.69, 9.17) is 9.90 Å². The summed E-state index contributed by atoms with van der Waals surface area (Å²) >= 11 is 0. The maximum Gasteiger partial charge on any atom is 0.290 e. The van der Waals surface area contributed by atoms with Crippen molar-refractivity contribution in [1.82, 2.24) is 20.4 Å². The number of hydrogen-bond acceptors (Lipinski definition) is 5. The molecule has 2 bridgehead atoms. The maximum atomic E-state index is 13.6. The number of carboxylic acid groups (broad SMARTS) is 1. The number of carbonyl (C=O) groups is 4. The van der Waals surface area contributed by atoms with E-state index in [9.17, 15) is 14.4 Å². The summed E-state index contributed by atoms with van der Waals surface area (Å²) in [7, 11) is 0. The number of amides is 3. The van der Waals surface area contributed by atoms with Gasteiger partial charge in [-0.15, -0.1) is 0 Å². The smallest absolute Gasteiger partial charge is 0.290 e. The fourth-order valence-electron chi connectivity index (χ4n) is 6.12. The highest BCUT2D eigenvalue weighted by Crippen LogP contribution is 2.36. The Bertz CT molecular complexity index is 1010. The predicted octanol–water partition coefficient (Wildman–Crippen LogP) is 2.61. The van der Waals surface area contributed by atoms with Gasteiger partial charge in [-0.25, -0.2) is 0 Å². The molecule has 3 heterocycles. The Kier molecular flexibility index (Phi) is 11.5. The van der Waals surface area contributed by atoms with E-state index in [0.717, 1.165) is 51.0 Å². The van der Waals surface area contributed by atoms with Gasteiger partial charge in [0.25, 0.3) is 6.47 Å². The van der Waals surface area contributed by atoms with Gasteiger partial charge in [0.2, 0.25) is 17.7 Å². The van der Waals surface area contributed by atoms with Gasteiger partial charge in [0.15, 0.2) is 0 Å². The molecule has 0 radical (unpaired) electrons. The average Bonchev–Trinajstić information content (AvgIpc) is 2.90. The SMILES string of the molecule is CC(C)=CCN1C[C@@H]2C[C@H](C1)[C@@H]1CCCC(=O)N[C@@H](CCc3ccccc3)C(=O)N[C@H](C)C(=O)N1C2.O=CO. The molecule has 1 aromatic rings. The first kappa shape index (κ1) is 30.3. The van der Waals surface area contributed by atoms with Crippen LogP contribution in [0.1, 0.15) is 58.4 Å². The first-order valence-corrected chi connectivity index (χ1v) is 14.1. The summed E-state index contributed by atoms with van der Waals surface area (Å²) in [6.07, 6.45) is 6.51. The molecule has 5 atom stereocenters. The quantitative estimate of drug-likeness (QED) is 0.390. The highest BCUT2D eigenvalue weighted by molar-refractivity contribution is 5.92. The van der Waals surface area contributed by atoms with Crippen LogP contribution < -0.4 is 10.6 Å². The zero-order chi connectivity index (χ0) is 28.4. The molecule has 39 heavy (non-hydrogen) atoms. The number of carbonyl (C=O) groups excluding carboxylic acids is 3. The molecule has 3 aliphatic heterocycles. The van der Waals surface area contributed by atoms with Crippen molar-refractivity contribution in [2.45, 2.75) is 77.4 Å². The molecule has 214 valence electrons. The van der Waals surface area contributed by atoms with Crippen LogP contribution in [0, 0.1) is 11.8 Å². The van der Waals surface area contributed by atoms with Crippen molar-refractivity contribution < 1.29 is 24.3 Å². The van der Waals surface area contributed by atoms with E-state index in [1.807, 2.05) is 35.2 Å². The van der Waals surface area contributed by atoms with Crippen LogP contribution in [-0.4, -0.2) is 83.4 Å². The molecule has 3 N–H and O–H groups in total. The second-order valence-electron chi connectivity index (χ2n) is 11.3. The minimum Gasteiger partial charge on any atom is -0.483 e. The molecular formula is C30H44N4O5. The third kappa shape index (κ3) is 8.92. The van der Waals surface area contributed by atoms with Crippen molar-refractivity contribution in [3.8, 4) is 0 Å². The molecule has 4 rings (SSSR count). The predicted molar refractivity (Wildman–Crippen MR) is 150 cm³/mol. The monoisotopic (exact) mass is 540 g/mol. The van der Waals surface area contributed by atoms with Crippen molar-refractivity contribution in [1.29, 1.82) is 0 Å². The van der Waals surface area contributed by atoms with E-state index in [1.165, 1.54) is 5.57 Å². The van der Waals surface area contributed by atoms with E-state index >= 15 is 0 Å². The van der Waals surface area contributed by atoms with E-state index in [1.54, 1.807) is 6.92 Å². The highest BCUT2D eigenvalue weighted by Gasteiger charge is 2.43. The van der Waals surface area contributed by atoms with E-state index < -0.39 is 12.1 Å². The van der Waals surface area contributed by atoms with Gasteiger partial charge >= 0.3 is 0 Å². The lowest BCUT2D eigenvalue weighted by Crippen LogP contribution is -2.62. The molecule has 0 unspecified atom stereocenters. The topological polar surface area (TPSA) is 119 Å². The third-order valence-electron chi connectivity index (χ3n) is 7.93. The Labute approximate surface area is 232 Å². The van der Waals surface area contributed by atoms with Gasteiger partial charge in [0.05, 0.1) is 0 Å². The van der Waals surface area contributed by atoms with Crippen LogP contribution >= 0.6 is 0 Å². The van der Waals surface area contributed by atoms with Crippen molar-refractivity contribution >= 4 is 24.2 Å². The van der Waals surface area contributed by atoms with Crippen LogP contribution in [0.4, 0.5) is 0 Å². The number of fused-ring (bicyclic) bond motifs is 4. The number of nitrogens with zero attached hydrogens (tertiary/aromatic N) is 2. The molecule has 3 saturated heterocycles. The minimum absolute atomic E-state index is 0.00880. The molecule has 1 aromatic carbocycles. The van der Waals surface area contributed by atoms with Crippen molar-refractivity contribution in [2.24, 2.45) is 11.8 Å². The Hall–Kier alpha value is -3.20. The zero-order valence-electron chi connectivity index (χ0n) is 23.5. The molecular weight excluding hydrogens is 496 g/mol. The van der Waals surface area contributed by atoms with E-state index in [0.29, 0.717) is 31.1 Å². The number of allylic oxidation sites excluding steroid dienone is 1. The summed E-state index contributed by atoms with van der Waals surface area (Å²) in [5.74, 6) is 0.500. The second kappa shape index (κ2) is 14.8. The molecule has 0 aliphatic carbocycles. The van der Waals surface area contributed by atoms with Gasteiger partial charge in [-0.1, -0.05) is 42.0 Å². The summed E-state index contributed by atoms with van der Waals surface area (Å²) in [6.45, 7) is 9.45. The van der Waals surface area contributed by atoms with E-state index in [-0.39, 0.29) is 30.2 Å². The molecule has 3 amide bonds. The minimum atomic E-state index is -0.646. The van der Waals surface area contributed by atoms with Gasteiger partial charge in [0, 0.05) is 38.6 Å². The fourth-order valence-corrected chi connectivity index (χ4v) is 6.12. The van der Waals surface area contributed by atoms with Crippen molar-refractivity contribution in [3.05, 3.63) is 47.5 Å². The zero-order valence-corrected chi connectivity index (χ0v) is 23.5. The average molecular weight is 541 g/mol. The first-order valence-electron chi connectivity index (χ1n) is 14.1. The Morgan fingerprint density at radius 3 is 2.49 bits per heavy atom. The second-order valence-corrected chi connectivity index (χ2v) is 11.3.